The van der Waals surface area contributed by atoms with Gasteiger partial charge in [-0.05, 0) is 65.5 Å². The Kier molecular flexibility index (Phi) is 14.1. The van der Waals surface area contributed by atoms with Gasteiger partial charge in [0.15, 0.2) is 0 Å². The summed E-state index contributed by atoms with van der Waals surface area (Å²) < 4.78 is 4.94. The Labute approximate surface area is 204 Å². The van der Waals surface area contributed by atoms with Crippen molar-refractivity contribution >= 4 is 16.3 Å². The molecule has 0 atom stereocenters. The fourth-order valence-corrected chi connectivity index (χ4v) is 7.54. The van der Waals surface area contributed by atoms with Crippen molar-refractivity contribution in [3.05, 3.63) is 39.4 Å². The van der Waals surface area contributed by atoms with E-state index < -0.39 is 16.3 Å². The molecule has 2 rings (SSSR count). The molecule has 0 aromatic rings. The van der Waals surface area contributed by atoms with Gasteiger partial charge in [0.25, 0.3) is 0 Å². The standard InChI is InChI=1S/C15H27NSi.C4H8O.C4H11Si.Y/c1-10-11(2)13(4)14(12(10)3)17(8,9)16-15(5,6)7;1-2-4-5-3-1;1-5(2,3)4;/h1-9H3;1-4H2;1H2,2-4H3;/q-1;;-1;. The largest absolute Gasteiger partial charge is 0.659 e. The van der Waals surface area contributed by atoms with Gasteiger partial charge in [-0.15, -0.1) is 13.6 Å². The van der Waals surface area contributed by atoms with Gasteiger partial charge >= 0.3 is 0 Å². The summed E-state index contributed by atoms with van der Waals surface area (Å²) in [6.07, 6.45) is 2.56. The maximum Gasteiger partial charge on any atom is 0.0466 e. The number of rotatable bonds is 2. The molecule has 2 nitrogen and oxygen atoms in total. The van der Waals surface area contributed by atoms with Crippen LogP contribution < -0.4 is 0 Å². The predicted octanol–water partition coefficient (Wildman–Crippen LogP) is 7.66. The Morgan fingerprint density at radius 1 is 0.786 bits per heavy atom. The summed E-state index contributed by atoms with van der Waals surface area (Å²) in [5.41, 5.74) is 7.49. The van der Waals surface area contributed by atoms with Gasteiger partial charge in [0.05, 0.1) is 0 Å². The molecule has 0 unspecified atom stereocenters. The normalized spacial score (nSPS) is 18.3. The minimum absolute atomic E-state index is 0. The van der Waals surface area contributed by atoms with Crippen molar-refractivity contribution < 1.29 is 37.4 Å². The molecule has 2 aliphatic rings. The van der Waals surface area contributed by atoms with Crippen molar-refractivity contribution in [1.82, 2.24) is 0 Å². The van der Waals surface area contributed by atoms with Crippen molar-refractivity contribution in [3.8, 4) is 0 Å². The van der Waals surface area contributed by atoms with Crippen LogP contribution in [0.15, 0.2) is 22.3 Å². The molecular weight excluding hydrogens is 451 g/mol. The molecule has 0 N–H and O–H groups in total. The summed E-state index contributed by atoms with van der Waals surface area (Å²) in [5, 5.41) is 0. The van der Waals surface area contributed by atoms with E-state index in [1.807, 2.05) is 0 Å². The van der Waals surface area contributed by atoms with Gasteiger partial charge in [-0.25, -0.2) is 0 Å². The molecule has 0 aromatic heterocycles. The van der Waals surface area contributed by atoms with Crippen LogP contribution in [0, 0.1) is 12.1 Å². The third kappa shape index (κ3) is 12.6. The molecule has 2 radical (unpaired) electrons. The van der Waals surface area contributed by atoms with Crippen LogP contribution >= 0.6 is 0 Å². The van der Waals surface area contributed by atoms with E-state index in [1.54, 1.807) is 5.54 Å². The van der Waals surface area contributed by atoms with E-state index in [0.29, 0.717) is 0 Å². The quantitative estimate of drug-likeness (QED) is 0.284. The second-order valence-electron chi connectivity index (χ2n) is 10.6. The number of nitrogens with zero attached hydrogens (tertiary/aromatic N) is 1. The molecule has 0 spiro atoms. The predicted molar refractivity (Wildman–Crippen MR) is 129 cm³/mol. The van der Waals surface area contributed by atoms with E-state index in [1.165, 1.54) is 35.1 Å². The SMILES string of the molecule is C1CCOC1.CC1=C(C)C(C)=C(C)[C]1[Si](C)(C)[N-]C(C)(C)C.[CH2-][Si](C)(C)C.[Y]. The first-order valence-corrected chi connectivity index (χ1v) is 17.0. The Bertz CT molecular complexity index is 498. The monoisotopic (exact) mass is 497 g/mol. The van der Waals surface area contributed by atoms with E-state index in [9.17, 15) is 0 Å². The maximum atomic E-state index is 5.13. The Hall–Kier alpha value is 0.938. The number of allylic oxidation sites excluding steroid dienone is 4. The second kappa shape index (κ2) is 12.7. The summed E-state index contributed by atoms with van der Waals surface area (Å²) in [4.78, 5) is 5.13. The summed E-state index contributed by atoms with van der Waals surface area (Å²) >= 11 is 0. The summed E-state index contributed by atoms with van der Waals surface area (Å²) in [6, 6.07) is 0. The minimum atomic E-state index is -1.69. The van der Waals surface area contributed by atoms with Crippen LogP contribution in [0.2, 0.25) is 32.7 Å². The van der Waals surface area contributed by atoms with Crippen LogP contribution in [0.3, 0.4) is 0 Å². The first-order chi connectivity index (χ1) is 12.0. The average molecular weight is 498 g/mol. The summed E-state index contributed by atoms with van der Waals surface area (Å²) in [5.74, 6) is 0. The zero-order valence-corrected chi connectivity index (χ0v) is 25.8. The van der Waals surface area contributed by atoms with Crippen LogP contribution in [-0.2, 0) is 37.4 Å². The number of hydrogen-bond acceptors (Lipinski definition) is 1. The van der Waals surface area contributed by atoms with E-state index in [4.69, 9.17) is 9.72 Å². The molecule has 28 heavy (non-hydrogen) atoms. The van der Waals surface area contributed by atoms with Crippen molar-refractivity contribution in [1.29, 1.82) is 0 Å². The molecule has 0 bridgehead atoms. The third-order valence-electron chi connectivity index (χ3n) is 4.49. The average Bonchev–Trinajstić information content (AvgIpc) is 3.04. The molecule has 1 fully saturated rings. The van der Waals surface area contributed by atoms with Crippen molar-refractivity contribution in [2.24, 2.45) is 0 Å². The zero-order chi connectivity index (χ0) is 21.6. The molecule has 0 aromatic carbocycles. The Morgan fingerprint density at radius 2 is 1.11 bits per heavy atom. The van der Waals surface area contributed by atoms with Crippen LogP contribution in [0.25, 0.3) is 4.98 Å². The fourth-order valence-electron chi connectivity index (χ4n) is 3.54. The van der Waals surface area contributed by atoms with Crippen LogP contribution in [0.1, 0.15) is 61.3 Å². The van der Waals surface area contributed by atoms with Crippen molar-refractivity contribution in [2.75, 3.05) is 13.2 Å². The van der Waals surface area contributed by atoms with Gasteiger partial charge in [-0.1, -0.05) is 64.7 Å². The van der Waals surface area contributed by atoms with E-state index in [-0.39, 0.29) is 38.2 Å². The first-order valence-electron chi connectivity index (χ1n) is 10.4. The molecule has 0 amide bonds. The van der Waals surface area contributed by atoms with Gasteiger partial charge in [0.1, 0.15) is 0 Å². The molecule has 162 valence electrons. The molecule has 1 aliphatic heterocycles. The third-order valence-corrected chi connectivity index (χ3v) is 7.70. The Morgan fingerprint density at radius 3 is 1.32 bits per heavy atom. The Balaban J connectivity index is 0. The van der Waals surface area contributed by atoms with Crippen molar-refractivity contribution in [2.45, 2.75) is 99.6 Å². The number of ether oxygens (including phenoxy) is 1. The van der Waals surface area contributed by atoms with Gasteiger partial charge in [0, 0.05) is 45.9 Å². The topological polar surface area (TPSA) is 23.3 Å². The van der Waals surface area contributed by atoms with Crippen molar-refractivity contribution in [3.63, 3.8) is 0 Å². The van der Waals surface area contributed by atoms with Gasteiger partial charge in [0.2, 0.25) is 0 Å². The molecular formula is C23H46NOSi2Y-2. The van der Waals surface area contributed by atoms with E-state index in [2.05, 4.69) is 87.7 Å². The summed E-state index contributed by atoms with van der Waals surface area (Å²) in [7, 11) is -2.55. The summed E-state index contributed by atoms with van der Waals surface area (Å²) in [6.45, 7) is 32.9. The molecule has 1 saturated heterocycles. The number of hydrogen-bond donors (Lipinski definition) is 0. The van der Waals surface area contributed by atoms with Crippen LogP contribution in [0.4, 0.5) is 0 Å². The van der Waals surface area contributed by atoms with E-state index >= 15 is 0 Å². The first kappa shape index (κ1) is 31.1. The maximum absolute atomic E-state index is 5.13. The molecule has 1 heterocycles. The molecule has 1 aliphatic carbocycles. The van der Waals surface area contributed by atoms with Gasteiger partial charge < -0.3 is 16.3 Å². The zero-order valence-electron chi connectivity index (χ0n) is 21.0. The van der Waals surface area contributed by atoms with Crippen LogP contribution in [0.5, 0.6) is 0 Å². The smallest absolute Gasteiger partial charge is 0.0466 e. The molecule has 0 saturated carbocycles. The van der Waals surface area contributed by atoms with Gasteiger partial charge in [-0.2, -0.15) is 0 Å². The van der Waals surface area contributed by atoms with Crippen LogP contribution in [-0.4, -0.2) is 35.1 Å². The van der Waals surface area contributed by atoms with Gasteiger partial charge in [-0.3, -0.25) is 0 Å². The minimum Gasteiger partial charge on any atom is -0.659 e. The molecule has 5 heteroatoms. The fraction of sp³-hybridized carbons (Fsp3) is 0.739. The second-order valence-corrected chi connectivity index (χ2v) is 19.6. The van der Waals surface area contributed by atoms with E-state index in [0.717, 1.165) is 13.2 Å².